The van der Waals surface area contributed by atoms with Gasteiger partial charge in [0.1, 0.15) is 0 Å². The van der Waals surface area contributed by atoms with Crippen molar-refractivity contribution in [2.75, 3.05) is 7.11 Å². The molecule has 2 aromatic carbocycles. The molecule has 0 amide bonds. The number of aryl methyl sites for hydroxylation is 1. The summed E-state index contributed by atoms with van der Waals surface area (Å²) in [4.78, 5) is 24.5. The molecule has 0 aliphatic heterocycles. The minimum atomic E-state index is -0.425. The van der Waals surface area contributed by atoms with Crippen molar-refractivity contribution in [1.29, 1.82) is 0 Å². The van der Waals surface area contributed by atoms with Crippen molar-refractivity contribution in [3.05, 3.63) is 57.1 Å². The fourth-order valence-electron chi connectivity index (χ4n) is 2.19. The number of hydrogen-bond acceptors (Lipinski definition) is 4. The van der Waals surface area contributed by atoms with Crippen LogP contribution in [0, 0.1) is 6.92 Å². The van der Waals surface area contributed by atoms with Crippen LogP contribution in [0.25, 0.3) is 0 Å². The lowest BCUT2D eigenvalue weighted by Crippen LogP contribution is -2.10. The Kier molecular flexibility index (Phi) is 5.86. The van der Waals surface area contributed by atoms with Crippen molar-refractivity contribution in [3.8, 4) is 11.5 Å². The molecule has 0 spiro atoms. The van der Waals surface area contributed by atoms with Crippen LogP contribution < -0.4 is 9.47 Å². The lowest BCUT2D eigenvalue weighted by atomic mass is 9.98. The number of halogens is 2. The Hall–Kier alpha value is -2.04. The van der Waals surface area contributed by atoms with Gasteiger partial charge >= 0.3 is 5.97 Å². The van der Waals surface area contributed by atoms with Crippen LogP contribution in [0.2, 0.25) is 10.0 Å². The molecule has 0 aromatic heterocycles. The quantitative estimate of drug-likeness (QED) is 0.430. The summed E-state index contributed by atoms with van der Waals surface area (Å²) in [5.41, 5.74) is 1.20. The molecule has 0 radical (unpaired) electrons. The lowest BCUT2D eigenvalue weighted by molar-refractivity contribution is -0.134. The third-order valence-electron chi connectivity index (χ3n) is 3.46. The molecule has 0 heterocycles. The van der Waals surface area contributed by atoms with Crippen LogP contribution in [-0.2, 0) is 4.79 Å². The van der Waals surface area contributed by atoms with E-state index in [0.717, 1.165) is 0 Å². The average molecular weight is 367 g/mol. The summed E-state index contributed by atoms with van der Waals surface area (Å²) in [5, 5.41) is 0.518. The zero-order valence-corrected chi connectivity index (χ0v) is 15.0. The normalized spacial score (nSPS) is 10.4. The van der Waals surface area contributed by atoms with Gasteiger partial charge in [-0.15, -0.1) is 0 Å². The summed E-state index contributed by atoms with van der Waals surface area (Å²) < 4.78 is 10.5. The Morgan fingerprint density at radius 1 is 1.08 bits per heavy atom. The van der Waals surface area contributed by atoms with Crippen LogP contribution in [0.1, 0.15) is 34.8 Å². The summed E-state index contributed by atoms with van der Waals surface area (Å²) in [6.07, 6.45) is 0.205. The Balaban J connectivity index is 2.55. The van der Waals surface area contributed by atoms with Gasteiger partial charge in [0.2, 0.25) is 0 Å². The molecule has 0 aliphatic rings. The minimum Gasteiger partial charge on any atom is -0.493 e. The minimum absolute atomic E-state index is 0.182. The van der Waals surface area contributed by atoms with Crippen molar-refractivity contribution < 1.29 is 19.1 Å². The number of carbonyl (C=O) groups excluding carboxylic acids is 2. The molecule has 0 fully saturated rings. The van der Waals surface area contributed by atoms with Crippen molar-refractivity contribution in [2.45, 2.75) is 20.3 Å². The Labute approximate surface area is 150 Å². The van der Waals surface area contributed by atoms with Gasteiger partial charge in [-0.3, -0.25) is 9.59 Å². The van der Waals surface area contributed by atoms with Crippen molar-refractivity contribution in [3.63, 3.8) is 0 Å². The largest absolute Gasteiger partial charge is 0.493 e. The monoisotopic (exact) mass is 366 g/mol. The zero-order chi connectivity index (χ0) is 17.9. The standard InChI is InChI=1S/C18H16Cl2O4/c1-4-16(21)24-15-9-11(10(2)8-14(15)23-3)18(22)17-12(19)6-5-7-13(17)20/h5-9H,4H2,1-3H3. The Bertz CT molecular complexity index is 780. The predicted octanol–water partition coefficient (Wildman–Crippen LogP) is 4.86. The first kappa shape index (κ1) is 18.3. The molecule has 0 saturated carbocycles. The number of carbonyl (C=O) groups is 2. The van der Waals surface area contributed by atoms with Crippen LogP contribution in [0.4, 0.5) is 0 Å². The molecule has 0 atom stereocenters. The van der Waals surface area contributed by atoms with E-state index in [1.807, 2.05) is 0 Å². The highest BCUT2D eigenvalue weighted by molar-refractivity contribution is 6.41. The molecule has 0 N–H and O–H groups in total. The number of rotatable bonds is 5. The fraction of sp³-hybridized carbons (Fsp3) is 0.222. The van der Waals surface area contributed by atoms with Crippen LogP contribution in [0.3, 0.4) is 0 Å². The summed E-state index contributed by atoms with van der Waals surface area (Å²) in [7, 11) is 1.46. The SMILES string of the molecule is CCC(=O)Oc1cc(C(=O)c2c(Cl)cccc2Cl)c(C)cc1OC. The molecule has 4 nitrogen and oxygen atoms in total. The van der Waals surface area contributed by atoms with Crippen molar-refractivity contribution in [1.82, 2.24) is 0 Å². The number of benzene rings is 2. The zero-order valence-electron chi connectivity index (χ0n) is 13.5. The summed E-state index contributed by atoms with van der Waals surface area (Å²) in [6, 6.07) is 7.96. The van der Waals surface area contributed by atoms with E-state index in [9.17, 15) is 9.59 Å². The Morgan fingerprint density at radius 3 is 2.25 bits per heavy atom. The maximum Gasteiger partial charge on any atom is 0.311 e. The van der Waals surface area contributed by atoms with Gasteiger partial charge in [0, 0.05) is 12.0 Å². The smallest absolute Gasteiger partial charge is 0.311 e. The summed E-state index contributed by atoms with van der Waals surface area (Å²) in [5.74, 6) is -0.219. The van der Waals surface area contributed by atoms with E-state index >= 15 is 0 Å². The number of esters is 1. The van der Waals surface area contributed by atoms with E-state index in [0.29, 0.717) is 16.9 Å². The van der Waals surface area contributed by atoms with E-state index < -0.39 is 5.97 Å². The Morgan fingerprint density at radius 2 is 1.71 bits per heavy atom. The van der Waals surface area contributed by atoms with Gasteiger partial charge in [-0.1, -0.05) is 36.2 Å². The molecule has 6 heteroatoms. The second-order valence-electron chi connectivity index (χ2n) is 5.07. The van der Waals surface area contributed by atoms with Crippen LogP contribution >= 0.6 is 23.2 Å². The molecular formula is C18H16Cl2O4. The highest BCUT2D eigenvalue weighted by Gasteiger charge is 2.21. The van der Waals surface area contributed by atoms with Gasteiger partial charge in [0.15, 0.2) is 17.3 Å². The van der Waals surface area contributed by atoms with Gasteiger partial charge in [0.25, 0.3) is 0 Å². The summed E-state index contributed by atoms with van der Waals surface area (Å²) in [6.45, 7) is 3.44. The lowest BCUT2D eigenvalue weighted by Gasteiger charge is -2.14. The first-order valence-electron chi connectivity index (χ1n) is 7.27. The highest BCUT2D eigenvalue weighted by atomic mass is 35.5. The van der Waals surface area contributed by atoms with Gasteiger partial charge < -0.3 is 9.47 Å². The average Bonchev–Trinajstić information content (AvgIpc) is 2.55. The maximum atomic E-state index is 12.9. The molecule has 24 heavy (non-hydrogen) atoms. The molecule has 2 aromatic rings. The van der Waals surface area contributed by atoms with E-state index in [2.05, 4.69) is 0 Å². The molecule has 0 bridgehead atoms. The summed E-state index contributed by atoms with van der Waals surface area (Å²) >= 11 is 12.2. The van der Waals surface area contributed by atoms with E-state index in [-0.39, 0.29) is 33.6 Å². The number of methoxy groups -OCH3 is 1. The van der Waals surface area contributed by atoms with E-state index in [4.69, 9.17) is 32.7 Å². The second-order valence-corrected chi connectivity index (χ2v) is 5.89. The number of ether oxygens (including phenoxy) is 2. The first-order chi connectivity index (χ1) is 11.4. The molecule has 0 saturated heterocycles. The second kappa shape index (κ2) is 7.69. The van der Waals surface area contributed by atoms with Crippen molar-refractivity contribution >= 4 is 35.0 Å². The number of ketones is 1. The van der Waals surface area contributed by atoms with Crippen molar-refractivity contribution in [2.24, 2.45) is 0 Å². The van der Waals surface area contributed by atoms with Crippen LogP contribution in [0.15, 0.2) is 30.3 Å². The van der Waals surface area contributed by atoms with E-state index in [1.54, 1.807) is 38.1 Å². The third kappa shape index (κ3) is 3.71. The van der Waals surface area contributed by atoms with Crippen LogP contribution in [0.5, 0.6) is 11.5 Å². The molecule has 2 rings (SSSR count). The molecule has 0 unspecified atom stereocenters. The van der Waals surface area contributed by atoms with Gasteiger partial charge in [-0.25, -0.2) is 0 Å². The molecule has 0 aliphatic carbocycles. The molecule has 126 valence electrons. The maximum absolute atomic E-state index is 12.9. The molecular weight excluding hydrogens is 351 g/mol. The fourth-order valence-corrected chi connectivity index (χ4v) is 2.76. The van der Waals surface area contributed by atoms with E-state index in [1.165, 1.54) is 13.2 Å². The van der Waals surface area contributed by atoms with Crippen LogP contribution in [-0.4, -0.2) is 18.9 Å². The third-order valence-corrected chi connectivity index (χ3v) is 4.09. The number of hydrogen-bond donors (Lipinski definition) is 0. The highest BCUT2D eigenvalue weighted by Crippen LogP contribution is 2.34. The topological polar surface area (TPSA) is 52.6 Å². The van der Waals surface area contributed by atoms with Gasteiger partial charge in [-0.05, 0) is 36.8 Å². The first-order valence-corrected chi connectivity index (χ1v) is 8.02. The van der Waals surface area contributed by atoms with Gasteiger partial charge in [-0.2, -0.15) is 0 Å². The predicted molar refractivity (Wildman–Crippen MR) is 93.6 cm³/mol. The van der Waals surface area contributed by atoms with Gasteiger partial charge in [0.05, 0.1) is 22.7 Å².